The Morgan fingerprint density at radius 1 is 0.605 bits per heavy atom. The Balaban J connectivity index is 1.29. The minimum absolute atomic E-state index is 0.0334. The Labute approximate surface area is 254 Å². The molecule has 0 saturated carbocycles. The first kappa shape index (κ1) is 31.4. The quantitative estimate of drug-likeness (QED) is 0.102. The van der Waals surface area contributed by atoms with Gasteiger partial charge in [0.05, 0.1) is 6.61 Å². The van der Waals surface area contributed by atoms with E-state index in [9.17, 15) is 14.7 Å². The van der Waals surface area contributed by atoms with Crippen LogP contribution in [0.4, 0.5) is 5.69 Å². The normalized spacial score (nSPS) is 10.8. The summed E-state index contributed by atoms with van der Waals surface area (Å²) in [4.78, 5) is 22.1. The van der Waals surface area contributed by atoms with Crippen molar-refractivity contribution in [3.63, 3.8) is 0 Å². The summed E-state index contributed by atoms with van der Waals surface area (Å²) in [5, 5.41) is 21.8. The highest BCUT2D eigenvalue weighted by Crippen LogP contribution is 2.31. The van der Waals surface area contributed by atoms with Gasteiger partial charge in [-0.05, 0) is 89.8 Å². The number of aliphatic carboxylic acids is 2. The molecule has 0 fully saturated rings. The van der Waals surface area contributed by atoms with Crippen molar-refractivity contribution < 1.29 is 24.5 Å². The summed E-state index contributed by atoms with van der Waals surface area (Å²) in [7, 11) is 0. The number of carboxylic acids is 2. The maximum atomic E-state index is 11.3. The molecule has 0 amide bonds. The average molecular weight is 580 g/mol. The number of nitrogens with one attached hydrogen (secondary N) is 1. The number of unbranched alkanes of at least 4 members (excludes halogenated alkanes) is 3. The first-order valence-electron chi connectivity index (χ1n) is 15.2. The molecule has 0 aliphatic carbocycles. The highest BCUT2D eigenvalue weighted by Gasteiger charge is 2.12. The van der Waals surface area contributed by atoms with Gasteiger partial charge in [0, 0.05) is 25.1 Å². The first-order valence-corrected chi connectivity index (χ1v) is 15.2. The predicted molar refractivity (Wildman–Crippen MR) is 173 cm³/mol. The number of benzene rings is 4. The smallest absolute Gasteiger partial charge is 0.303 e. The second-order valence-corrected chi connectivity index (χ2v) is 10.8. The van der Waals surface area contributed by atoms with Crippen molar-refractivity contribution in [3.8, 4) is 28.0 Å². The molecule has 224 valence electrons. The molecule has 4 aromatic rings. The lowest BCUT2D eigenvalue weighted by Crippen LogP contribution is -2.07. The van der Waals surface area contributed by atoms with E-state index in [4.69, 9.17) is 9.84 Å². The molecule has 4 aromatic carbocycles. The van der Waals surface area contributed by atoms with Gasteiger partial charge in [0.2, 0.25) is 0 Å². The van der Waals surface area contributed by atoms with Crippen LogP contribution in [0, 0.1) is 0 Å². The van der Waals surface area contributed by atoms with E-state index < -0.39 is 11.9 Å². The molecule has 0 atom stereocenters. The zero-order valence-corrected chi connectivity index (χ0v) is 24.6. The molecule has 0 spiro atoms. The second-order valence-electron chi connectivity index (χ2n) is 10.8. The monoisotopic (exact) mass is 579 g/mol. The fraction of sp³-hybridized carbons (Fsp3) is 0.297. The third-order valence-corrected chi connectivity index (χ3v) is 7.46. The molecule has 4 rings (SSSR count). The summed E-state index contributed by atoms with van der Waals surface area (Å²) in [6.07, 6.45) is 5.97. The molecule has 6 heteroatoms. The van der Waals surface area contributed by atoms with E-state index in [1.54, 1.807) is 0 Å². The number of carbonyl (C=O) groups is 2. The van der Waals surface area contributed by atoms with Crippen molar-refractivity contribution in [1.82, 2.24) is 0 Å². The van der Waals surface area contributed by atoms with Crippen LogP contribution >= 0.6 is 0 Å². The van der Waals surface area contributed by atoms with Crippen molar-refractivity contribution in [1.29, 1.82) is 0 Å². The molecule has 0 radical (unpaired) electrons. The molecule has 0 heterocycles. The molecular formula is C37H41NO5. The number of hydrogen-bond acceptors (Lipinski definition) is 4. The van der Waals surface area contributed by atoms with Gasteiger partial charge >= 0.3 is 11.9 Å². The highest BCUT2D eigenvalue weighted by molar-refractivity contribution is 5.78. The standard InChI is InChI=1S/C37H41NO5/c39-36(40)20-12-24-43-35-19-11-18-30(34(35)21-22-37(41)42)17-5-1-2-10-23-38-33-26-31(28-13-6-3-7-14-28)25-32(27-33)29-15-8-4-9-16-29/h3-4,6-9,11,13-16,18-19,25-27,38H,1-2,5,10,12,17,20-24H2,(H,39,40)(H,41,42). The average Bonchev–Trinajstić information content (AvgIpc) is 3.02. The Hall–Kier alpha value is -4.58. The van der Waals surface area contributed by atoms with Crippen molar-refractivity contribution in [2.24, 2.45) is 0 Å². The molecule has 0 bridgehead atoms. The number of anilines is 1. The lowest BCUT2D eigenvalue weighted by molar-refractivity contribution is -0.138. The predicted octanol–water partition coefficient (Wildman–Crippen LogP) is 8.50. The van der Waals surface area contributed by atoms with Crippen LogP contribution in [0.15, 0.2) is 97.1 Å². The van der Waals surface area contributed by atoms with Gasteiger partial charge in [-0.2, -0.15) is 0 Å². The van der Waals surface area contributed by atoms with Crippen molar-refractivity contribution in [2.45, 2.75) is 57.8 Å². The summed E-state index contributed by atoms with van der Waals surface area (Å²) in [6, 6.07) is 33.4. The molecule has 3 N–H and O–H groups in total. The van der Waals surface area contributed by atoms with E-state index in [2.05, 4.69) is 72.0 Å². The van der Waals surface area contributed by atoms with Gasteiger partial charge in [0.15, 0.2) is 0 Å². The second kappa shape index (κ2) is 16.8. The van der Waals surface area contributed by atoms with Crippen molar-refractivity contribution in [3.05, 3.63) is 108 Å². The molecule has 0 unspecified atom stereocenters. The Morgan fingerprint density at radius 2 is 1.23 bits per heavy atom. The number of rotatable bonds is 18. The Kier molecular flexibility index (Phi) is 12.2. The summed E-state index contributed by atoms with van der Waals surface area (Å²) in [6.45, 7) is 1.18. The molecule has 43 heavy (non-hydrogen) atoms. The molecule has 0 saturated heterocycles. The number of carboxylic acid groups (broad SMARTS) is 2. The zero-order valence-electron chi connectivity index (χ0n) is 24.6. The molecule has 0 aromatic heterocycles. The van der Waals surface area contributed by atoms with Gasteiger partial charge < -0.3 is 20.3 Å². The van der Waals surface area contributed by atoms with Gasteiger partial charge in [-0.3, -0.25) is 9.59 Å². The minimum atomic E-state index is -0.851. The maximum Gasteiger partial charge on any atom is 0.303 e. The van der Waals surface area contributed by atoms with Crippen LogP contribution in [0.2, 0.25) is 0 Å². The summed E-state index contributed by atoms with van der Waals surface area (Å²) in [5.41, 5.74) is 7.92. The van der Waals surface area contributed by atoms with Crippen LogP contribution in [0.5, 0.6) is 5.75 Å². The van der Waals surface area contributed by atoms with Crippen LogP contribution in [0.25, 0.3) is 22.3 Å². The van der Waals surface area contributed by atoms with E-state index >= 15 is 0 Å². The van der Waals surface area contributed by atoms with Crippen LogP contribution in [0.3, 0.4) is 0 Å². The molecule has 6 nitrogen and oxygen atoms in total. The first-order chi connectivity index (χ1) is 21.0. The van der Waals surface area contributed by atoms with Crippen LogP contribution in [-0.4, -0.2) is 35.3 Å². The topological polar surface area (TPSA) is 95.9 Å². The lowest BCUT2D eigenvalue weighted by atomic mass is 9.96. The minimum Gasteiger partial charge on any atom is -0.493 e. The highest BCUT2D eigenvalue weighted by atomic mass is 16.5. The van der Waals surface area contributed by atoms with Gasteiger partial charge in [-0.1, -0.05) is 85.6 Å². The third kappa shape index (κ3) is 10.3. The third-order valence-electron chi connectivity index (χ3n) is 7.46. The maximum absolute atomic E-state index is 11.3. The fourth-order valence-corrected chi connectivity index (χ4v) is 5.25. The van der Waals surface area contributed by atoms with Crippen molar-refractivity contribution in [2.75, 3.05) is 18.5 Å². The van der Waals surface area contributed by atoms with Gasteiger partial charge in [-0.25, -0.2) is 0 Å². The summed E-state index contributed by atoms with van der Waals surface area (Å²) >= 11 is 0. The largest absolute Gasteiger partial charge is 0.493 e. The van der Waals surface area contributed by atoms with E-state index in [-0.39, 0.29) is 12.8 Å². The SMILES string of the molecule is O=C(O)CCCOc1cccc(CCCCCCNc2cc(-c3ccccc3)cc(-c3ccccc3)c2)c1CCC(=O)O. The van der Waals surface area contributed by atoms with Crippen molar-refractivity contribution >= 4 is 17.6 Å². The number of hydrogen-bond donors (Lipinski definition) is 3. The van der Waals surface area contributed by atoms with E-state index in [0.717, 1.165) is 55.5 Å². The molecule has 0 aliphatic rings. The van der Waals surface area contributed by atoms with E-state index in [1.165, 1.54) is 22.3 Å². The number of aryl methyl sites for hydroxylation is 1. The van der Waals surface area contributed by atoms with Crippen LogP contribution < -0.4 is 10.1 Å². The fourth-order valence-electron chi connectivity index (χ4n) is 5.25. The molecule has 0 aliphatic heterocycles. The zero-order chi connectivity index (χ0) is 30.3. The Bertz CT molecular complexity index is 1400. The van der Waals surface area contributed by atoms with Gasteiger partial charge in [0.1, 0.15) is 5.75 Å². The van der Waals surface area contributed by atoms with Crippen LogP contribution in [-0.2, 0) is 22.4 Å². The number of ether oxygens (including phenoxy) is 1. The Morgan fingerprint density at radius 3 is 1.86 bits per heavy atom. The van der Waals surface area contributed by atoms with Gasteiger partial charge in [0.25, 0.3) is 0 Å². The summed E-state index contributed by atoms with van der Waals surface area (Å²) < 4.78 is 5.87. The van der Waals surface area contributed by atoms with E-state index in [0.29, 0.717) is 25.2 Å². The van der Waals surface area contributed by atoms with Crippen LogP contribution in [0.1, 0.15) is 56.1 Å². The molecular weight excluding hydrogens is 538 g/mol. The van der Waals surface area contributed by atoms with E-state index in [1.807, 2.05) is 30.3 Å². The lowest BCUT2D eigenvalue weighted by Gasteiger charge is -2.15. The summed E-state index contributed by atoms with van der Waals surface area (Å²) in [5.74, 6) is -1.03. The van der Waals surface area contributed by atoms with Gasteiger partial charge in [-0.15, -0.1) is 0 Å².